The topological polar surface area (TPSA) is 12.5 Å². The van der Waals surface area contributed by atoms with E-state index in [0.717, 1.165) is 25.1 Å². The molecule has 0 N–H and O–H groups in total. The third-order valence-corrected chi connectivity index (χ3v) is 4.90. The first-order chi connectivity index (χ1) is 10.7. The van der Waals surface area contributed by atoms with Crippen LogP contribution in [-0.2, 0) is 4.74 Å². The van der Waals surface area contributed by atoms with E-state index in [-0.39, 0.29) is 18.0 Å². The molecule has 0 aromatic heterocycles. The van der Waals surface area contributed by atoms with Gasteiger partial charge < -0.3 is 9.64 Å². The maximum atomic E-state index is 13.6. The zero-order valence-corrected chi connectivity index (χ0v) is 12.7. The normalized spacial score (nSPS) is 28.0. The first-order valence-electron chi connectivity index (χ1n) is 7.90. The van der Waals surface area contributed by atoms with E-state index in [1.54, 1.807) is 12.1 Å². The number of ether oxygens (including phenoxy) is 1. The predicted molar refractivity (Wildman–Crippen MR) is 84.4 cm³/mol. The van der Waals surface area contributed by atoms with Gasteiger partial charge in [-0.05, 0) is 48.8 Å². The molecule has 2 aromatic carbocycles. The first-order valence-corrected chi connectivity index (χ1v) is 7.90. The van der Waals surface area contributed by atoms with Crippen LogP contribution in [0.5, 0.6) is 0 Å². The second-order valence-electron chi connectivity index (χ2n) is 6.40. The highest BCUT2D eigenvalue weighted by atomic mass is 19.1. The monoisotopic (exact) mass is 297 g/mol. The average molecular weight is 297 g/mol. The van der Waals surface area contributed by atoms with Crippen LogP contribution in [0.2, 0.25) is 0 Å². The number of halogens is 1. The minimum absolute atomic E-state index is 0.167. The molecule has 1 unspecified atom stereocenters. The van der Waals surface area contributed by atoms with Gasteiger partial charge in [-0.2, -0.15) is 0 Å². The molecule has 0 saturated carbocycles. The molecule has 3 atom stereocenters. The zero-order chi connectivity index (χ0) is 15.1. The Hall–Kier alpha value is -1.71. The summed E-state index contributed by atoms with van der Waals surface area (Å²) in [4.78, 5) is 2.32. The molecule has 0 bridgehead atoms. The molecular weight excluding hydrogens is 277 g/mol. The number of likely N-dealkylation sites (N-methyl/N-ethyl adjacent to an activating group) is 1. The summed E-state index contributed by atoms with van der Waals surface area (Å²) in [6, 6.07) is 15.3. The predicted octanol–water partition coefficient (Wildman–Crippen LogP) is 3.73. The summed E-state index contributed by atoms with van der Waals surface area (Å²) in [5, 5.41) is 0. The zero-order valence-electron chi connectivity index (χ0n) is 12.7. The second kappa shape index (κ2) is 5.49. The van der Waals surface area contributed by atoms with E-state index in [9.17, 15) is 4.39 Å². The van der Waals surface area contributed by atoms with Gasteiger partial charge in [-0.1, -0.05) is 36.4 Å². The molecule has 2 aliphatic heterocycles. The number of hydrogen-bond acceptors (Lipinski definition) is 2. The molecule has 2 heterocycles. The number of piperidine rings is 1. The van der Waals surface area contributed by atoms with Gasteiger partial charge >= 0.3 is 0 Å². The molecule has 0 aliphatic carbocycles. The molecule has 0 amide bonds. The lowest BCUT2D eigenvalue weighted by molar-refractivity contribution is -0.0543. The smallest absolute Gasteiger partial charge is 0.123 e. The Morgan fingerprint density at radius 2 is 1.91 bits per heavy atom. The fourth-order valence-electron chi connectivity index (χ4n) is 3.83. The molecule has 3 heteroatoms. The number of hydrogen-bond donors (Lipinski definition) is 0. The lowest BCUT2D eigenvalue weighted by Crippen LogP contribution is -2.45. The quantitative estimate of drug-likeness (QED) is 0.795. The summed E-state index contributed by atoms with van der Waals surface area (Å²) in [5.74, 6) is 0.249. The third kappa shape index (κ3) is 2.34. The van der Waals surface area contributed by atoms with Crippen LogP contribution in [-0.4, -0.2) is 31.1 Å². The van der Waals surface area contributed by atoms with Crippen LogP contribution in [0.25, 0.3) is 0 Å². The highest BCUT2D eigenvalue weighted by Crippen LogP contribution is 2.44. The molecule has 4 rings (SSSR count). The van der Waals surface area contributed by atoms with Crippen molar-refractivity contribution in [1.29, 1.82) is 0 Å². The van der Waals surface area contributed by atoms with Crippen molar-refractivity contribution >= 4 is 0 Å². The largest absolute Gasteiger partial charge is 0.364 e. The van der Waals surface area contributed by atoms with Crippen molar-refractivity contribution in [2.45, 2.75) is 24.5 Å². The summed E-state index contributed by atoms with van der Waals surface area (Å²) >= 11 is 0. The lowest BCUT2D eigenvalue weighted by atomic mass is 9.79. The van der Waals surface area contributed by atoms with Gasteiger partial charge in [-0.25, -0.2) is 4.39 Å². The van der Waals surface area contributed by atoms with Crippen LogP contribution in [0.3, 0.4) is 0 Å². The van der Waals surface area contributed by atoms with E-state index >= 15 is 0 Å². The molecule has 2 nitrogen and oxygen atoms in total. The van der Waals surface area contributed by atoms with E-state index in [2.05, 4.69) is 30.1 Å². The Bertz CT molecular complexity index is 687. The van der Waals surface area contributed by atoms with Crippen molar-refractivity contribution in [3.05, 3.63) is 71.0 Å². The van der Waals surface area contributed by atoms with Crippen LogP contribution in [0, 0.1) is 5.82 Å². The third-order valence-electron chi connectivity index (χ3n) is 4.90. The molecular formula is C19H20FNO. The number of nitrogens with zero attached hydrogens (tertiary/aromatic N) is 1. The average Bonchev–Trinajstić information content (AvgIpc) is 2.53. The molecule has 2 aromatic rings. The molecule has 1 saturated heterocycles. The minimum atomic E-state index is -0.207. The van der Waals surface area contributed by atoms with Gasteiger partial charge in [-0.3, -0.25) is 0 Å². The summed E-state index contributed by atoms with van der Waals surface area (Å²) < 4.78 is 20.0. The van der Waals surface area contributed by atoms with Gasteiger partial charge in [0.2, 0.25) is 0 Å². The first kappa shape index (κ1) is 13.9. The standard InChI is InChI=1S/C19H20FNO/c1-21-10-9-16-15-7-2-3-8-17(15)19(22-18(16)12-21)13-5-4-6-14(20)11-13/h2-8,11,16,18-19H,9-10,12H2,1H3/t16-,18-,19?/m0/s1. The summed E-state index contributed by atoms with van der Waals surface area (Å²) in [5.41, 5.74) is 3.47. The van der Waals surface area contributed by atoms with Crippen molar-refractivity contribution in [3.8, 4) is 0 Å². The van der Waals surface area contributed by atoms with Crippen molar-refractivity contribution in [1.82, 2.24) is 4.90 Å². The van der Waals surface area contributed by atoms with Crippen LogP contribution in [0.4, 0.5) is 4.39 Å². The van der Waals surface area contributed by atoms with Gasteiger partial charge in [0.25, 0.3) is 0 Å². The second-order valence-corrected chi connectivity index (χ2v) is 6.40. The Morgan fingerprint density at radius 3 is 2.73 bits per heavy atom. The minimum Gasteiger partial charge on any atom is -0.364 e. The van der Waals surface area contributed by atoms with E-state index in [1.165, 1.54) is 17.2 Å². The van der Waals surface area contributed by atoms with Crippen LogP contribution in [0.1, 0.15) is 35.1 Å². The van der Waals surface area contributed by atoms with Crippen LogP contribution in [0.15, 0.2) is 48.5 Å². The highest BCUT2D eigenvalue weighted by molar-refractivity contribution is 5.41. The van der Waals surface area contributed by atoms with Crippen LogP contribution < -0.4 is 0 Å². The molecule has 2 aliphatic rings. The van der Waals surface area contributed by atoms with Crippen molar-refractivity contribution in [2.24, 2.45) is 0 Å². The van der Waals surface area contributed by atoms with Gasteiger partial charge in [-0.15, -0.1) is 0 Å². The van der Waals surface area contributed by atoms with Crippen molar-refractivity contribution in [2.75, 3.05) is 20.1 Å². The summed E-state index contributed by atoms with van der Waals surface area (Å²) in [6.07, 6.45) is 1.13. The Kier molecular flexibility index (Phi) is 3.47. The van der Waals surface area contributed by atoms with Gasteiger partial charge in [0, 0.05) is 12.5 Å². The van der Waals surface area contributed by atoms with Crippen molar-refractivity contribution < 1.29 is 9.13 Å². The number of benzene rings is 2. The fraction of sp³-hybridized carbons (Fsp3) is 0.368. The Morgan fingerprint density at radius 1 is 1.09 bits per heavy atom. The lowest BCUT2D eigenvalue weighted by Gasteiger charge is -2.44. The number of likely N-dealkylation sites (tertiary alicyclic amines) is 1. The maximum Gasteiger partial charge on any atom is 0.123 e. The number of fused-ring (bicyclic) bond motifs is 3. The Balaban J connectivity index is 1.79. The number of rotatable bonds is 1. The maximum absolute atomic E-state index is 13.6. The molecule has 1 fully saturated rings. The van der Waals surface area contributed by atoms with Crippen molar-refractivity contribution in [3.63, 3.8) is 0 Å². The fourth-order valence-corrected chi connectivity index (χ4v) is 3.83. The van der Waals surface area contributed by atoms with Crippen LogP contribution >= 0.6 is 0 Å². The van der Waals surface area contributed by atoms with E-state index in [1.807, 2.05) is 12.1 Å². The molecule has 22 heavy (non-hydrogen) atoms. The molecule has 0 radical (unpaired) electrons. The Labute approximate surface area is 130 Å². The van der Waals surface area contributed by atoms with E-state index in [0.29, 0.717) is 5.92 Å². The van der Waals surface area contributed by atoms with E-state index in [4.69, 9.17) is 4.74 Å². The van der Waals surface area contributed by atoms with Gasteiger partial charge in [0.15, 0.2) is 0 Å². The van der Waals surface area contributed by atoms with Gasteiger partial charge in [0.1, 0.15) is 11.9 Å². The molecule has 0 spiro atoms. The summed E-state index contributed by atoms with van der Waals surface area (Å²) in [7, 11) is 2.14. The molecule has 114 valence electrons. The summed E-state index contributed by atoms with van der Waals surface area (Å²) in [6.45, 7) is 2.04. The highest BCUT2D eigenvalue weighted by Gasteiger charge is 2.38. The SMILES string of the molecule is CN1CC[C@H]2c3ccccc3C(c3cccc(F)c3)O[C@H]2C1. The van der Waals surface area contributed by atoms with Gasteiger partial charge in [0.05, 0.1) is 6.10 Å². The van der Waals surface area contributed by atoms with E-state index < -0.39 is 0 Å².